The summed E-state index contributed by atoms with van der Waals surface area (Å²) in [6.45, 7) is 1.88. The summed E-state index contributed by atoms with van der Waals surface area (Å²) in [5, 5.41) is 8.71. The average Bonchev–Trinajstić information content (AvgIpc) is 2.14. The van der Waals surface area contributed by atoms with Crippen molar-refractivity contribution in [3.05, 3.63) is 35.2 Å². The van der Waals surface area contributed by atoms with E-state index in [1.807, 2.05) is 25.1 Å². The summed E-state index contributed by atoms with van der Waals surface area (Å²) < 4.78 is 0. The van der Waals surface area contributed by atoms with E-state index >= 15 is 0 Å². The number of hydrogen-bond acceptors (Lipinski definition) is 3. The number of nitriles is 1. The smallest absolute Gasteiger partial charge is 0.114 e. The number of hydrogen-bond donors (Lipinski definition) is 1. The molecule has 0 radical (unpaired) electrons. The number of rotatable bonds is 2. The summed E-state index contributed by atoms with van der Waals surface area (Å²) in [6.07, 6.45) is 1.58. The lowest BCUT2D eigenvalue weighted by atomic mass is 10.2. The van der Waals surface area contributed by atoms with Gasteiger partial charge in [0.1, 0.15) is 11.1 Å². The third-order valence-electron chi connectivity index (χ3n) is 1.59. The molecule has 0 fully saturated rings. The van der Waals surface area contributed by atoms with Gasteiger partial charge in [-0.25, -0.2) is 0 Å². The largest absolute Gasteiger partial charge is 0.389 e. The predicted octanol–water partition coefficient (Wildman–Crippen LogP) is 1.58. The van der Waals surface area contributed by atoms with Crippen molar-refractivity contribution in [1.29, 1.82) is 5.26 Å². The number of aromatic nitrogens is 1. The van der Waals surface area contributed by atoms with Crippen molar-refractivity contribution in [2.75, 3.05) is 0 Å². The van der Waals surface area contributed by atoms with Gasteiger partial charge in [-0.3, -0.25) is 4.98 Å². The highest BCUT2D eigenvalue weighted by molar-refractivity contribution is 7.80. The molecule has 0 aliphatic rings. The SMILES string of the molecule is Cc1cccc(C=C(C#N)C(N)=S)n1. The van der Waals surface area contributed by atoms with Gasteiger partial charge in [0.2, 0.25) is 0 Å². The molecule has 1 aromatic rings. The van der Waals surface area contributed by atoms with Gasteiger partial charge in [0.25, 0.3) is 0 Å². The van der Waals surface area contributed by atoms with Gasteiger partial charge in [0, 0.05) is 5.69 Å². The van der Waals surface area contributed by atoms with Crippen LogP contribution in [-0.4, -0.2) is 9.97 Å². The molecule has 0 unspecified atom stereocenters. The Morgan fingerprint density at radius 2 is 2.36 bits per heavy atom. The van der Waals surface area contributed by atoms with E-state index in [9.17, 15) is 0 Å². The van der Waals surface area contributed by atoms with E-state index in [2.05, 4.69) is 4.98 Å². The Balaban J connectivity index is 3.08. The van der Waals surface area contributed by atoms with Crippen LogP contribution in [0.4, 0.5) is 0 Å². The minimum atomic E-state index is 0.0933. The van der Waals surface area contributed by atoms with Gasteiger partial charge in [-0.15, -0.1) is 0 Å². The second-order valence-electron chi connectivity index (χ2n) is 2.74. The summed E-state index contributed by atoms with van der Waals surface area (Å²) in [6, 6.07) is 7.46. The van der Waals surface area contributed by atoms with Crippen LogP contribution in [0.2, 0.25) is 0 Å². The Morgan fingerprint density at radius 1 is 1.64 bits per heavy atom. The van der Waals surface area contributed by atoms with E-state index in [4.69, 9.17) is 23.2 Å². The molecular formula is C10H9N3S. The van der Waals surface area contributed by atoms with Crippen LogP contribution in [0, 0.1) is 18.3 Å². The van der Waals surface area contributed by atoms with Gasteiger partial charge in [0.05, 0.1) is 11.3 Å². The zero-order valence-corrected chi connectivity index (χ0v) is 8.51. The molecule has 0 saturated heterocycles. The van der Waals surface area contributed by atoms with Gasteiger partial charge in [-0.2, -0.15) is 5.26 Å². The molecule has 70 valence electrons. The highest BCUT2D eigenvalue weighted by Gasteiger charge is 1.99. The summed E-state index contributed by atoms with van der Waals surface area (Å²) in [4.78, 5) is 4.29. The molecule has 2 N–H and O–H groups in total. The van der Waals surface area contributed by atoms with Crippen molar-refractivity contribution in [2.24, 2.45) is 5.73 Å². The third kappa shape index (κ3) is 2.64. The lowest BCUT2D eigenvalue weighted by Gasteiger charge is -1.96. The normalized spacial score (nSPS) is 10.7. The van der Waals surface area contributed by atoms with Crippen LogP contribution in [0.5, 0.6) is 0 Å². The standard InChI is InChI=1S/C10H9N3S/c1-7-3-2-4-9(13-7)5-8(6-11)10(12)14/h2-5H,1H3,(H2,12,14). The zero-order valence-electron chi connectivity index (χ0n) is 7.69. The molecule has 0 amide bonds. The first-order valence-electron chi connectivity index (χ1n) is 3.98. The van der Waals surface area contributed by atoms with Gasteiger partial charge < -0.3 is 5.73 Å². The van der Waals surface area contributed by atoms with Gasteiger partial charge >= 0.3 is 0 Å². The monoisotopic (exact) mass is 203 g/mol. The molecule has 1 aromatic heterocycles. The summed E-state index contributed by atoms with van der Waals surface area (Å²) in [5.41, 5.74) is 7.20. The van der Waals surface area contributed by atoms with Crippen LogP contribution in [0.25, 0.3) is 6.08 Å². The van der Waals surface area contributed by atoms with Crippen molar-refractivity contribution < 1.29 is 0 Å². The first kappa shape index (κ1) is 10.4. The highest BCUT2D eigenvalue weighted by Crippen LogP contribution is 2.04. The van der Waals surface area contributed by atoms with Crippen molar-refractivity contribution in [3.63, 3.8) is 0 Å². The van der Waals surface area contributed by atoms with Gasteiger partial charge in [-0.05, 0) is 25.1 Å². The first-order chi connectivity index (χ1) is 6.63. The summed E-state index contributed by atoms with van der Waals surface area (Å²) >= 11 is 4.71. The fourth-order valence-electron chi connectivity index (χ4n) is 0.951. The number of nitrogens with two attached hydrogens (primary N) is 1. The highest BCUT2D eigenvalue weighted by atomic mass is 32.1. The Kier molecular flexibility index (Phi) is 3.32. The van der Waals surface area contributed by atoms with E-state index in [0.717, 1.165) is 5.69 Å². The van der Waals surface area contributed by atoms with E-state index in [1.54, 1.807) is 12.1 Å². The fourth-order valence-corrected chi connectivity index (χ4v) is 1.06. The van der Waals surface area contributed by atoms with Gasteiger partial charge in [0.15, 0.2) is 0 Å². The molecule has 14 heavy (non-hydrogen) atoms. The first-order valence-corrected chi connectivity index (χ1v) is 4.39. The molecule has 3 nitrogen and oxygen atoms in total. The maximum Gasteiger partial charge on any atom is 0.114 e. The van der Waals surface area contributed by atoms with Crippen molar-refractivity contribution in [1.82, 2.24) is 4.98 Å². The third-order valence-corrected chi connectivity index (χ3v) is 1.81. The minimum absolute atomic E-state index is 0.0933. The van der Waals surface area contributed by atoms with Crippen LogP contribution in [-0.2, 0) is 0 Å². The zero-order chi connectivity index (χ0) is 10.6. The molecule has 0 bridgehead atoms. The van der Waals surface area contributed by atoms with E-state index in [1.165, 1.54) is 0 Å². The molecule has 1 heterocycles. The predicted molar refractivity (Wildman–Crippen MR) is 59.3 cm³/mol. The molecule has 0 aliphatic carbocycles. The average molecular weight is 203 g/mol. The van der Waals surface area contributed by atoms with Crippen LogP contribution < -0.4 is 5.73 Å². The molecule has 1 rings (SSSR count). The lowest BCUT2D eigenvalue weighted by molar-refractivity contribution is 1.18. The maximum absolute atomic E-state index is 8.71. The Hall–Kier alpha value is -1.73. The molecule has 0 aromatic carbocycles. The summed E-state index contributed by atoms with van der Waals surface area (Å²) in [7, 11) is 0. The second kappa shape index (κ2) is 4.49. The van der Waals surface area contributed by atoms with Crippen LogP contribution >= 0.6 is 12.2 Å². The van der Waals surface area contributed by atoms with Crippen molar-refractivity contribution in [2.45, 2.75) is 6.92 Å². The Morgan fingerprint density at radius 3 is 2.86 bits per heavy atom. The van der Waals surface area contributed by atoms with Crippen LogP contribution in [0.1, 0.15) is 11.4 Å². The Bertz CT molecular complexity index is 429. The maximum atomic E-state index is 8.71. The summed E-state index contributed by atoms with van der Waals surface area (Å²) in [5.74, 6) is 0. The quantitative estimate of drug-likeness (QED) is 0.450. The van der Waals surface area contributed by atoms with Crippen molar-refractivity contribution in [3.8, 4) is 6.07 Å². The van der Waals surface area contributed by atoms with Crippen LogP contribution in [0.3, 0.4) is 0 Å². The van der Waals surface area contributed by atoms with E-state index < -0.39 is 0 Å². The van der Waals surface area contributed by atoms with E-state index in [-0.39, 0.29) is 10.6 Å². The molecule has 0 aliphatic heterocycles. The second-order valence-corrected chi connectivity index (χ2v) is 3.18. The molecule has 0 saturated carbocycles. The Labute approximate surface area is 87.9 Å². The van der Waals surface area contributed by atoms with Crippen molar-refractivity contribution >= 4 is 23.3 Å². The molecular weight excluding hydrogens is 194 g/mol. The minimum Gasteiger partial charge on any atom is -0.389 e. The lowest BCUT2D eigenvalue weighted by Crippen LogP contribution is -2.09. The number of pyridine rings is 1. The molecule has 4 heteroatoms. The topological polar surface area (TPSA) is 62.7 Å². The molecule has 0 spiro atoms. The molecule has 0 atom stereocenters. The van der Waals surface area contributed by atoms with Gasteiger partial charge in [-0.1, -0.05) is 18.3 Å². The number of aryl methyl sites for hydroxylation is 1. The van der Waals surface area contributed by atoms with Crippen LogP contribution in [0.15, 0.2) is 23.8 Å². The van der Waals surface area contributed by atoms with E-state index in [0.29, 0.717) is 5.69 Å². The number of thiocarbonyl (C=S) groups is 1. The fraction of sp³-hybridized carbons (Fsp3) is 0.100. The number of nitrogens with zero attached hydrogens (tertiary/aromatic N) is 2.